The van der Waals surface area contributed by atoms with Gasteiger partial charge in [0.2, 0.25) is 0 Å². The van der Waals surface area contributed by atoms with Crippen LogP contribution < -0.4 is 4.90 Å². The van der Waals surface area contributed by atoms with Crippen molar-refractivity contribution in [1.82, 2.24) is 4.90 Å². The number of nitrogens with zero attached hydrogens (tertiary/aromatic N) is 2. The van der Waals surface area contributed by atoms with Crippen LogP contribution in [0, 0.1) is 0 Å². The van der Waals surface area contributed by atoms with Gasteiger partial charge in [0, 0.05) is 18.8 Å². The van der Waals surface area contributed by atoms with Gasteiger partial charge in [-0.25, -0.2) is 4.79 Å². The molecule has 0 unspecified atom stereocenters. The van der Waals surface area contributed by atoms with Crippen molar-refractivity contribution in [2.75, 3.05) is 24.5 Å². The molecule has 0 atom stereocenters. The molecule has 1 aliphatic rings. The van der Waals surface area contributed by atoms with E-state index >= 15 is 0 Å². The third-order valence-electron chi connectivity index (χ3n) is 4.49. The van der Waals surface area contributed by atoms with Crippen molar-refractivity contribution in [1.29, 1.82) is 0 Å². The lowest BCUT2D eigenvalue weighted by atomic mass is 10.0. The molecule has 5 heteroatoms. The summed E-state index contributed by atoms with van der Waals surface area (Å²) in [5.74, 6) is -0.973. The molecule has 0 radical (unpaired) electrons. The first kappa shape index (κ1) is 18.3. The van der Waals surface area contributed by atoms with Gasteiger partial charge in [0.05, 0.1) is 0 Å². The fourth-order valence-corrected chi connectivity index (χ4v) is 3.08. The number of amides is 2. The Balaban J connectivity index is 1.79. The SMILES string of the molecule is CCCCCCCCc1ccc(N2CCN(CC(=O)O)C2=O)cc1. The minimum atomic E-state index is -0.973. The highest BCUT2D eigenvalue weighted by Crippen LogP contribution is 2.21. The highest BCUT2D eigenvalue weighted by molar-refractivity contribution is 5.95. The molecule has 24 heavy (non-hydrogen) atoms. The minimum Gasteiger partial charge on any atom is -0.480 e. The number of urea groups is 1. The normalized spacial score (nSPS) is 14.5. The minimum absolute atomic E-state index is 0.221. The Hall–Kier alpha value is -2.04. The molecule has 0 aromatic heterocycles. The van der Waals surface area contributed by atoms with E-state index in [9.17, 15) is 9.59 Å². The fourth-order valence-electron chi connectivity index (χ4n) is 3.08. The van der Waals surface area contributed by atoms with Crippen molar-refractivity contribution in [3.05, 3.63) is 29.8 Å². The molecule has 0 bridgehead atoms. The van der Waals surface area contributed by atoms with Crippen LogP contribution in [-0.2, 0) is 11.2 Å². The van der Waals surface area contributed by atoms with Crippen LogP contribution in [0.5, 0.6) is 0 Å². The van der Waals surface area contributed by atoms with Gasteiger partial charge in [-0.2, -0.15) is 0 Å². The average Bonchev–Trinajstić information content (AvgIpc) is 2.92. The summed E-state index contributed by atoms with van der Waals surface area (Å²) in [6.07, 6.45) is 8.81. The van der Waals surface area contributed by atoms with E-state index in [2.05, 4.69) is 19.1 Å². The first-order valence-corrected chi connectivity index (χ1v) is 8.99. The second kappa shape index (κ2) is 9.30. The predicted molar refractivity (Wildman–Crippen MR) is 95.5 cm³/mol. The van der Waals surface area contributed by atoms with Crippen LogP contribution in [0.25, 0.3) is 0 Å². The fraction of sp³-hybridized carbons (Fsp3) is 0.579. The lowest BCUT2D eigenvalue weighted by molar-refractivity contribution is -0.137. The first-order chi connectivity index (χ1) is 11.6. The van der Waals surface area contributed by atoms with Crippen molar-refractivity contribution in [2.45, 2.75) is 51.9 Å². The van der Waals surface area contributed by atoms with E-state index in [4.69, 9.17) is 5.11 Å². The maximum absolute atomic E-state index is 12.2. The number of carbonyl (C=O) groups is 2. The molecule has 1 saturated heterocycles. The van der Waals surface area contributed by atoms with E-state index in [1.54, 1.807) is 4.90 Å². The maximum atomic E-state index is 12.2. The zero-order valence-electron chi connectivity index (χ0n) is 14.5. The number of aryl methyl sites for hydroxylation is 1. The van der Waals surface area contributed by atoms with Gasteiger partial charge in [0.25, 0.3) is 0 Å². The molecule has 5 nitrogen and oxygen atoms in total. The lowest BCUT2D eigenvalue weighted by Crippen LogP contribution is -2.35. The molecular formula is C19H28N2O3. The zero-order chi connectivity index (χ0) is 17.4. The van der Waals surface area contributed by atoms with Crippen LogP contribution in [0.1, 0.15) is 51.0 Å². The number of hydrogen-bond donors (Lipinski definition) is 1. The molecule has 1 N–H and O–H groups in total. The molecule has 2 amide bonds. The Morgan fingerprint density at radius 2 is 1.71 bits per heavy atom. The molecule has 1 aliphatic heterocycles. The van der Waals surface area contributed by atoms with Crippen LogP contribution in [0.15, 0.2) is 24.3 Å². The summed E-state index contributed by atoms with van der Waals surface area (Å²) in [5, 5.41) is 8.82. The highest BCUT2D eigenvalue weighted by atomic mass is 16.4. The zero-order valence-corrected chi connectivity index (χ0v) is 14.5. The number of anilines is 1. The number of unbranched alkanes of at least 4 members (excludes halogenated alkanes) is 5. The maximum Gasteiger partial charge on any atom is 0.325 e. The molecule has 0 aliphatic carbocycles. The van der Waals surface area contributed by atoms with E-state index in [-0.39, 0.29) is 12.6 Å². The number of benzene rings is 1. The monoisotopic (exact) mass is 332 g/mol. The molecule has 1 heterocycles. The second-order valence-corrected chi connectivity index (χ2v) is 6.43. The van der Waals surface area contributed by atoms with Crippen LogP contribution in [-0.4, -0.2) is 41.6 Å². The van der Waals surface area contributed by atoms with Gasteiger partial charge >= 0.3 is 12.0 Å². The number of carboxylic acids is 1. The number of carboxylic acid groups (broad SMARTS) is 1. The summed E-state index contributed by atoms with van der Waals surface area (Å²) >= 11 is 0. The van der Waals surface area contributed by atoms with Gasteiger partial charge in [-0.15, -0.1) is 0 Å². The largest absolute Gasteiger partial charge is 0.480 e. The quantitative estimate of drug-likeness (QED) is 0.661. The summed E-state index contributed by atoms with van der Waals surface area (Å²) in [4.78, 5) is 26.0. The van der Waals surface area contributed by atoms with Crippen molar-refractivity contribution in [2.24, 2.45) is 0 Å². The van der Waals surface area contributed by atoms with Gasteiger partial charge in [0.1, 0.15) is 6.54 Å². The third-order valence-corrected chi connectivity index (χ3v) is 4.49. The third kappa shape index (κ3) is 5.25. The summed E-state index contributed by atoms with van der Waals surface area (Å²) < 4.78 is 0. The summed E-state index contributed by atoms with van der Waals surface area (Å²) in [6.45, 7) is 3.01. The molecule has 1 aromatic rings. The van der Waals surface area contributed by atoms with Crippen molar-refractivity contribution in [3.63, 3.8) is 0 Å². The van der Waals surface area contributed by atoms with Gasteiger partial charge in [0.15, 0.2) is 0 Å². The van der Waals surface area contributed by atoms with E-state index < -0.39 is 5.97 Å². The van der Waals surface area contributed by atoms with E-state index in [0.29, 0.717) is 13.1 Å². The number of carbonyl (C=O) groups excluding carboxylic acids is 1. The average molecular weight is 332 g/mol. The van der Waals surface area contributed by atoms with Crippen LogP contribution in [0.2, 0.25) is 0 Å². The Morgan fingerprint density at radius 1 is 1.04 bits per heavy atom. The molecule has 1 fully saturated rings. The Kier molecular flexibility index (Phi) is 7.09. The predicted octanol–water partition coefficient (Wildman–Crippen LogP) is 3.92. The van der Waals surface area contributed by atoms with Crippen LogP contribution in [0.3, 0.4) is 0 Å². The smallest absolute Gasteiger partial charge is 0.325 e. The van der Waals surface area contributed by atoms with Gasteiger partial charge in [-0.1, -0.05) is 51.2 Å². The molecule has 0 spiro atoms. The van der Waals surface area contributed by atoms with E-state index in [1.165, 1.54) is 49.0 Å². The van der Waals surface area contributed by atoms with Gasteiger partial charge in [-0.05, 0) is 30.5 Å². The Morgan fingerprint density at radius 3 is 2.38 bits per heavy atom. The summed E-state index contributed by atoms with van der Waals surface area (Å²) in [7, 11) is 0. The van der Waals surface area contributed by atoms with Crippen molar-refractivity contribution in [3.8, 4) is 0 Å². The van der Waals surface area contributed by atoms with Crippen molar-refractivity contribution >= 4 is 17.7 Å². The Bertz CT molecular complexity index is 542. The molecular weight excluding hydrogens is 304 g/mol. The standard InChI is InChI=1S/C19H28N2O3/c1-2-3-4-5-6-7-8-16-9-11-17(12-10-16)21-14-13-20(19(21)24)15-18(22)23/h9-12H,2-8,13-15H2,1H3,(H,22,23). The van der Waals surface area contributed by atoms with Crippen LogP contribution >= 0.6 is 0 Å². The van der Waals surface area contributed by atoms with E-state index in [1.807, 2.05) is 12.1 Å². The number of hydrogen-bond acceptors (Lipinski definition) is 2. The lowest BCUT2D eigenvalue weighted by Gasteiger charge is -2.17. The molecule has 2 rings (SSSR count). The summed E-state index contributed by atoms with van der Waals surface area (Å²) in [6, 6.07) is 7.87. The Labute approximate surface area is 144 Å². The number of aliphatic carboxylic acids is 1. The van der Waals surface area contributed by atoms with Crippen LogP contribution in [0.4, 0.5) is 10.5 Å². The van der Waals surface area contributed by atoms with E-state index in [0.717, 1.165) is 12.1 Å². The number of rotatable bonds is 10. The van der Waals surface area contributed by atoms with Gasteiger partial charge in [-0.3, -0.25) is 9.69 Å². The first-order valence-electron chi connectivity index (χ1n) is 8.99. The second-order valence-electron chi connectivity index (χ2n) is 6.43. The highest BCUT2D eigenvalue weighted by Gasteiger charge is 2.30. The topological polar surface area (TPSA) is 60.9 Å². The summed E-state index contributed by atoms with van der Waals surface area (Å²) in [5.41, 5.74) is 2.14. The molecule has 1 aromatic carbocycles. The van der Waals surface area contributed by atoms with Crippen molar-refractivity contribution < 1.29 is 14.7 Å². The molecule has 132 valence electrons. The molecule has 0 saturated carbocycles. The van der Waals surface area contributed by atoms with Gasteiger partial charge < -0.3 is 10.0 Å².